The molecule has 0 spiro atoms. The SMILES string of the molecule is C[C@H](N(Cc1cc(F)ccc1F)C(=O)CBr)C(F)(F)F. The van der Waals surface area contributed by atoms with Crippen LogP contribution in [0.3, 0.4) is 0 Å². The van der Waals surface area contributed by atoms with Crippen LogP contribution in [0.1, 0.15) is 12.5 Å². The molecule has 0 fully saturated rings. The first kappa shape index (κ1) is 16.9. The lowest BCUT2D eigenvalue weighted by molar-refractivity contribution is -0.186. The molecule has 0 bridgehead atoms. The van der Waals surface area contributed by atoms with Crippen molar-refractivity contribution in [2.24, 2.45) is 0 Å². The van der Waals surface area contributed by atoms with Gasteiger partial charge in [0.25, 0.3) is 0 Å². The van der Waals surface area contributed by atoms with E-state index in [9.17, 15) is 26.7 Å². The molecule has 0 aliphatic rings. The number of nitrogens with zero attached hydrogens (tertiary/aromatic N) is 1. The van der Waals surface area contributed by atoms with Crippen LogP contribution in [0.15, 0.2) is 18.2 Å². The van der Waals surface area contributed by atoms with Crippen LogP contribution in [-0.4, -0.2) is 28.4 Å². The highest BCUT2D eigenvalue weighted by Crippen LogP contribution is 2.26. The molecule has 0 saturated carbocycles. The predicted octanol–water partition coefficient (Wildman–Crippen LogP) is 3.64. The van der Waals surface area contributed by atoms with Crippen LogP contribution in [0.2, 0.25) is 0 Å². The Hall–Kier alpha value is -1.18. The monoisotopic (exact) mass is 359 g/mol. The zero-order valence-electron chi connectivity index (χ0n) is 10.3. The third-order valence-corrected chi connectivity index (χ3v) is 3.20. The Bertz CT molecular complexity index is 491. The van der Waals surface area contributed by atoms with E-state index in [-0.39, 0.29) is 10.9 Å². The Kier molecular flexibility index (Phi) is 5.50. The number of hydrogen-bond acceptors (Lipinski definition) is 1. The zero-order chi connectivity index (χ0) is 15.5. The van der Waals surface area contributed by atoms with E-state index >= 15 is 0 Å². The van der Waals surface area contributed by atoms with Gasteiger partial charge in [-0.3, -0.25) is 4.79 Å². The van der Waals surface area contributed by atoms with Crippen LogP contribution < -0.4 is 0 Å². The molecule has 0 aliphatic heterocycles. The van der Waals surface area contributed by atoms with Gasteiger partial charge in [0.2, 0.25) is 5.91 Å². The van der Waals surface area contributed by atoms with Gasteiger partial charge in [-0.25, -0.2) is 8.78 Å². The van der Waals surface area contributed by atoms with Crippen molar-refractivity contribution in [1.82, 2.24) is 4.90 Å². The standard InChI is InChI=1S/C12H11BrF5NO/c1-7(12(16,17)18)19(11(20)5-13)6-8-4-9(14)2-3-10(8)15/h2-4,7H,5-6H2,1H3/t7-/m0/s1. The van der Waals surface area contributed by atoms with Gasteiger partial charge in [-0.15, -0.1) is 0 Å². The largest absolute Gasteiger partial charge is 0.408 e. The van der Waals surface area contributed by atoms with Gasteiger partial charge in [0.05, 0.1) is 5.33 Å². The Balaban J connectivity index is 3.07. The second-order valence-electron chi connectivity index (χ2n) is 4.11. The molecule has 8 heteroatoms. The fraction of sp³-hybridized carbons (Fsp3) is 0.417. The molecule has 1 rings (SSSR count). The summed E-state index contributed by atoms with van der Waals surface area (Å²) < 4.78 is 64.6. The first-order valence-electron chi connectivity index (χ1n) is 5.53. The lowest BCUT2D eigenvalue weighted by Crippen LogP contribution is -2.47. The molecule has 0 unspecified atom stereocenters. The fourth-order valence-corrected chi connectivity index (χ4v) is 1.86. The summed E-state index contributed by atoms with van der Waals surface area (Å²) in [5, 5.41) is -0.343. The second-order valence-corrected chi connectivity index (χ2v) is 4.67. The molecule has 0 radical (unpaired) electrons. The molecule has 0 N–H and O–H groups in total. The van der Waals surface area contributed by atoms with Crippen molar-refractivity contribution in [2.45, 2.75) is 25.7 Å². The smallest absolute Gasteiger partial charge is 0.326 e. The summed E-state index contributed by atoms with van der Waals surface area (Å²) in [7, 11) is 0. The molecular weight excluding hydrogens is 349 g/mol. The van der Waals surface area contributed by atoms with Crippen molar-refractivity contribution < 1.29 is 26.7 Å². The van der Waals surface area contributed by atoms with Gasteiger partial charge < -0.3 is 4.90 Å². The van der Waals surface area contributed by atoms with E-state index in [4.69, 9.17) is 0 Å². The molecule has 0 heterocycles. The van der Waals surface area contributed by atoms with Gasteiger partial charge in [-0.1, -0.05) is 15.9 Å². The van der Waals surface area contributed by atoms with Crippen molar-refractivity contribution in [3.63, 3.8) is 0 Å². The van der Waals surface area contributed by atoms with Crippen LogP contribution in [0.5, 0.6) is 0 Å². The molecule has 20 heavy (non-hydrogen) atoms. The summed E-state index contributed by atoms with van der Waals surface area (Å²) in [4.78, 5) is 12.0. The quantitative estimate of drug-likeness (QED) is 0.593. The second kappa shape index (κ2) is 6.51. The first-order valence-corrected chi connectivity index (χ1v) is 6.65. The molecule has 0 aromatic heterocycles. The Morgan fingerprint density at radius 3 is 2.45 bits per heavy atom. The van der Waals surface area contributed by atoms with Gasteiger partial charge >= 0.3 is 6.18 Å². The minimum atomic E-state index is -4.65. The van der Waals surface area contributed by atoms with Gasteiger partial charge in [0, 0.05) is 12.1 Å². The number of halogens is 6. The van der Waals surface area contributed by atoms with E-state index in [1.807, 2.05) is 0 Å². The fourth-order valence-electron chi connectivity index (χ4n) is 1.54. The summed E-state index contributed by atoms with van der Waals surface area (Å²) in [6, 6.07) is 0.324. The van der Waals surface area contributed by atoms with Crippen molar-refractivity contribution >= 4 is 21.8 Å². The highest BCUT2D eigenvalue weighted by atomic mass is 79.9. The topological polar surface area (TPSA) is 20.3 Å². The Morgan fingerprint density at radius 1 is 1.35 bits per heavy atom. The third-order valence-electron chi connectivity index (χ3n) is 2.72. The van der Waals surface area contributed by atoms with Gasteiger partial charge in [-0.05, 0) is 25.1 Å². The molecular formula is C12H11BrF5NO. The minimum Gasteiger partial charge on any atom is -0.326 e. The molecule has 0 aliphatic carbocycles. The average molecular weight is 360 g/mol. The van der Waals surface area contributed by atoms with E-state index in [0.717, 1.165) is 25.1 Å². The summed E-state index contributed by atoms with van der Waals surface area (Å²) >= 11 is 2.77. The number of amides is 1. The zero-order valence-corrected chi connectivity index (χ0v) is 11.9. The Labute approximate surface area is 120 Å². The molecule has 2 nitrogen and oxygen atoms in total. The molecule has 1 amide bonds. The molecule has 112 valence electrons. The minimum absolute atomic E-state index is 0.310. The van der Waals surface area contributed by atoms with E-state index in [1.54, 1.807) is 0 Å². The lowest BCUT2D eigenvalue weighted by atomic mass is 10.1. The van der Waals surface area contributed by atoms with Gasteiger partial charge in [-0.2, -0.15) is 13.2 Å². The van der Waals surface area contributed by atoms with E-state index in [1.165, 1.54) is 0 Å². The number of benzene rings is 1. The average Bonchev–Trinajstić information content (AvgIpc) is 2.37. The van der Waals surface area contributed by atoms with Crippen molar-refractivity contribution in [1.29, 1.82) is 0 Å². The van der Waals surface area contributed by atoms with Gasteiger partial charge in [0.1, 0.15) is 17.7 Å². The van der Waals surface area contributed by atoms with E-state index in [2.05, 4.69) is 15.9 Å². The summed E-state index contributed by atoms with van der Waals surface area (Å²) in [6.07, 6.45) is -4.65. The van der Waals surface area contributed by atoms with Gasteiger partial charge in [0.15, 0.2) is 0 Å². The number of alkyl halides is 4. The Morgan fingerprint density at radius 2 is 1.95 bits per heavy atom. The normalized spacial score (nSPS) is 13.2. The highest BCUT2D eigenvalue weighted by Gasteiger charge is 2.42. The number of rotatable bonds is 4. The predicted molar refractivity (Wildman–Crippen MR) is 66.2 cm³/mol. The maximum Gasteiger partial charge on any atom is 0.408 e. The van der Waals surface area contributed by atoms with Crippen LogP contribution in [-0.2, 0) is 11.3 Å². The van der Waals surface area contributed by atoms with Crippen molar-refractivity contribution in [3.05, 3.63) is 35.4 Å². The summed E-state index contributed by atoms with van der Waals surface area (Å²) in [6.45, 7) is 0.131. The maximum atomic E-state index is 13.5. The number of carbonyl (C=O) groups is 1. The highest BCUT2D eigenvalue weighted by molar-refractivity contribution is 9.09. The molecule has 0 saturated heterocycles. The number of hydrogen-bond donors (Lipinski definition) is 0. The molecule has 1 aromatic rings. The van der Waals surface area contributed by atoms with E-state index < -0.39 is 36.3 Å². The molecule has 1 aromatic carbocycles. The lowest BCUT2D eigenvalue weighted by Gasteiger charge is -2.30. The number of carbonyl (C=O) groups excluding carboxylic acids is 1. The first-order chi connectivity index (χ1) is 9.16. The van der Waals surface area contributed by atoms with Crippen LogP contribution in [0.25, 0.3) is 0 Å². The summed E-state index contributed by atoms with van der Waals surface area (Å²) in [5.74, 6) is -2.51. The van der Waals surface area contributed by atoms with E-state index in [0.29, 0.717) is 4.90 Å². The molecule has 1 atom stereocenters. The van der Waals surface area contributed by atoms with Crippen molar-refractivity contribution in [2.75, 3.05) is 5.33 Å². The van der Waals surface area contributed by atoms with Crippen LogP contribution in [0, 0.1) is 11.6 Å². The van der Waals surface area contributed by atoms with Crippen LogP contribution in [0.4, 0.5) is 22.0 Å². The van der Waals surface area contributed by atoms with Crippen LogP contribution >= 0.6 is 15.9 Å². The van der Waals surface area contributed by atoms with Crippen molar-refractivity contribution in [3.8, 4) is 0 Å². The third kappa shape index (κ3) is 4.16. The summed E-state index contributed by atoms with van der Waals surface area (Å²) in [5.41, 5.74) is -0.310. The maximum absolute atomic E-state index is 13.5.